The lowest BCUT2D eigenvalue weighted by Crippen LogP contribution is -2.25. The van der Waals surface area contributed by atoms with E-state index in [1.807, 2.05) is 0 Å². The molecule has 1 amide bonds. The van der Waals surface area contributed by atoms with E-state index in [0.29, 0.717) is 16.3 Å². The Labute approximate surface area is 167 Å². The van der Waals surface area contributed by atoms with Crippen molar-refractivity contribution in [1.82, 2.24) is 5.32 Å². The molecule has 0 saturated carbocycles. The summed E-state index contributed by atoms with van der Waals surface area (Å²) in [5.74, 6) is -0.687. The Morgan fingerprint density at radius 3 is 2.64 bits per heavy atom. The maximum absolute atomic E-state index is 13.0. The molecule has 1 aliphatic carbocycles. The number of carbonyl (C=O) groups is 1. The lowest BCUT2D eigenvalue weighted by Gasteiger charge is -2.13. The minimum absolute atomic E-state index is 0.142. The van der Waals surface area contributed by atoms with Crippen LogP contribution in [-0.2, 0) is 0 Å². The van der Waals surface area contributed by atoms with E-state index in [2.05, 4.69) is 11.4 Å². The average Bonchev–Trinajstić information content (AvgIpc) is 2.70. The summed E-state index contributed by atoms with van der Waals surface area (Å²) in [6.07, 6.45) is 7.65. The molecule has 0 atom stereocenters. The number of nitrogens with one attached hydrogen (secondary N) is 1. The minimum Gasteiger partial charge on any atom is -0.352 e. The molecule has 2 aromatic carbocycles. The molecule has 1 N–H and O–H groups in total. The predicted octanol–water partition coefficient (Wildman–Crippen LogP) is 5.51. The number of nitro groups is 1. The van der Waals surface area contributed by atoms with Gasteiger partial charge in [0.15, 0.2) is 0 Å². The van der Waals surface area contributed by atoms with Gasteiger partial charge >= 0.3 is 0 Å². The lowest BCUT2D eigenvalue weighted by atomic mass is 9.97. The van der Waals surface area contributed by atoms with Crippen LogP contribution in [0, 0.1) is 15.9 Å². The molecule has 0 unspecified atom stereocenters. The second-order valence-electron chi connectivity index (χ2n) is 6.61. The molecule has 0 radical (unpaired) electrons. The maximum atomic E-state index is 13.0. The van der Waals surface area contributed by atoms with Crippen LogP contribution in [0.4, 0.5) is 10.1 Å². The van der Waals surface area contributed by atoms with E-state index in [4.69, 9.17) is 0 Å². The van der Waals surface area contributed by atoms with Gasteiger partial charge in [0.2, 0.25) is 0 Å². The van der Waals surface area contributed by atoms with E-state index in [0.717, 1.165) is 31.0 Å². The van der Waals surface area contributed by atoms with Crippen molar-refractivity contribution in [3.05, 3.63) is 75.6 Å². The molecule has 3 rings (SSSR count). The first kappa shape index (κ1) is 20.1. The first-order chi connectivity index (χ1) is 13.5. The minimum atomic E-state index is -0.504. The summed E-state index contributed by atoms with van der Waals surface area (Å²) in [5.41, 5.74) is 1.48. The van der Waals surface area contributed by atoms with Crippen LogP contribution in [0.5, 0.6) is 0 Å². The van der Waals surface area contributed by atoms with Crippen LogP contribution in [-0.4, -0.2) is 17.4 Å². The lowest BCUT2D eigenvalue weighted by molar-refractivity contribution is -0.387. The standard InChI is InChI=1S/C21H21FN2O3S/c22-17-7-9-18(10-8-17)28-20-11-6-16(14-19(20)24(26)27)21(25)23-13-12-15-4-2-1-3-5-15/h4,6-11,14H,1-3,5,12-13H2,(H,23,25). The first-order valence-corrected chi connectivity index (χ1v) is 10.0. The van der Waals surface area contributed by atoms with Crippen molar-refractivity contribution in [3.63, 3.8) is 0 Å². The van der Waals surface area contributed by atoms with Crippen LogP contribution in [0.3, 0.4) is 0 Å². The number of nitro benzene ring substituents is 1. The summed E-state index contributed by atoms with van der Waals surface area (Å²) >= 11 is 1.16. The number of amides is 1. The number of nitrogens with zero attached hydrogens (tertiary/aromatic N) is 1. The van der Waals surface area contributed by atoms with Crippen LogP contribution in [0.25, 0.3) is 0 Å². The molecule has 146 valence electrons. The van der Waals surface area contributed by atoms with Gasteiger partial charge in [0.05, 0.1) is 9.82 Å². The normalized spacial score (nSPS) is 13.7. The van der Waals surface area contributed by atoms with Gasteiger partial charge in [-0.3, -0.25) is 14.9 Å². The molecule has 28 heavy (non-hydrogen) atoms. The van der Waals surface area contributed by atoms with Gasteiger partial charge in [0, 0.05) is 23.1 Å². The SMILES string of the molecule is O=C(NCCC1=CCCCC1)c1ccc(Sc2ccc(F)cc2)c([N+](=O)[O-])c1. The molecule has 0 saturated heterocycles. The number of benzene rings is 2. The van der Waals surface area contributed by atoms with Crippen LogP contribution in [0.2, 0.25) is 0 Å². The highest BCUT2D eigenvalue weighted by Crippen LogP contribution is 2.35. The Bertz CT molecular complexity index is 897. The summed E-state index contributed by atoms with van der Waals surface area (Å²) in [7, 11) is 0. The third-order valence-electron chi connectivity index (χ3n) is 4.58. The molecule has 0 aromatic heterocycles. The Hall–Kier alpha value is -2.67. The smallest absolute Gasteiger partial charge is 0.284 e. The summed E-state index contributed by atoms with van der Waals surface area (Å²) in [4.78, 5) is 24.4. The highest BCUT2D eigenvalue weighted by Gasteiger charge is 2.18. The predicted molar refractivity (Wildman–Crippen MR) is 107 cm³/mol. The topological polar surface area (TPSA) is 72.2 Å². The van der Waals surface area contributed by atoms with Crippen molar-refractivity contribution in [1.29, 1.82) is 0 Å². The zero-order valence-corrected chi connectivity index (χ0v) is 16.1. The van der Waals surface area contributed by atoms with Crippen LogP contribution < -0.4 is 5.32 Å². The van der Waals surface area contributed by atoms with E-state index in [1.165, 1.54) is 36.6 Å². The van der Waals surface area contributed by atoms with E-state index < -0.39 is 4.92 Å². The number of hydrogen-bond acceptors (Lipinski definition) is 4. The summed E-state index contributed by atoms with van der Waals surface area (Å²) in [6.45, 7) is 0.518. The van der Waals surface area contributed by atoms with E-state index in [9.17, 15) is 19.3 Å². The Kier molecular flexibility index (Phi) is 6.81. The van der Waals surface area contributed by atoms with Crippen molar-refractivity contribution in [2.24, 2.45) is 0 Å². The molecule has 7 heteroatoms. The molecule has 5 nitrogen and oxygen atoms in total. The van der Waals surface area contributed by atoms with Gasteiger partial charge in [0.25, 0.3) is 11.6 Å². The first-order valence-electron chi connectivity index (χ1n) is 9.21. The number of rotatable bonds is 7. The average molecular weight is 400 g/mol. The number of allylic oxidation sites excluding steroid dienone is 1. The van der Waals surface area contributed by atoms with E-state index in [-0.39, 0.29) is 23.0 Å². The van der Waals surface area contributed by atoms with E-state index >= 15 is 0 Å². The Balaban J connectivity index is 1.67. The van der Waals surface area contributed by atoms with Gasteiger partial charge in [-0.25, -0.2) is 4.39 Å². The van der Waals surface area contributed by atoms with Crippen molar-refractivity contribution >= 4 is 23.4 Å². The van der Waals surface area contributed by atoms with Gasteiger partial charge < -0.3 is 5.32 Å². The van der Waals surface area contributed by atoms with E-state index in [1.54, 1.807) is 24.3 Å². The number of halogens is 1. The number of carbonyl (C=O) groups excluding carboxylic acids is 1. The summed E-state index contributed by atoms with van der Waals surface area (Å²) in [5, 5.41) is 14.3. The summed E-state index contributed by atoms with van der Waals surface area (Å²) in [6, 6.07) is 10.2. The second kappa shape index (κ2) is 9.50. The van der Waals surface area contributed by atoms with Crippen LogP contribution >= 0.6 is 11.8 Å². The third kappa shape index (κ3) is 5.42. The highest BCUT2D eigenvalue weighted by atomic mass is 32.2. The van der Waals surface area contributed by atoms with Gasteiger partial charge in [-0.15, -0.1) is 0 Å². The largest absolute Gasteiger partial charge is 0.352 e. The fraction of sp³-hybridized carbons (Fsp3) is 0.286. The fourth-order valence-electron chi connectivity index (χ4n) is 3.09. The monoisotopic (exact) mass is 400 g/mol. The second-order valence-corrected chi connectivity index (χ2v) is 7.73. The van der Waals surface area contributed by atoms with Crippen LogP contribution in [0.1, 0.15) is 42.5 Å². The highest BCUT2D eigenvalue weighted by molar-refractivity contribution is 7.99. The quantitative estimate of drug-likeness (QED) is 0.378. The van der Waals surface area contributed by atoms with Crippen molar-refractivity contribution in [3.8, 4) is 0 Å². The Morgan fingerprint density at radius 2 is 1.96 bits per heavy atom. The molecular weight excluding hydrogens is 379 g/mol. The molecule has 2 aromatic rings. The third-order valence-corrected chi connectivity index (χ3v) is 5.65. The van der Waals surface area contributed by atoms with Crippen molar-refractivity contribution in [2.75, 3.05) is 6.54 Å². The molecule has 1 aliphatic rings. The zero-order chi connectivity index (χ0) is 19.9. The zero-order valence-electron chi connectivity index (χ0n) is 15.3. The molecule has 0 heterocycles. The van der Waals surface area contributed by atoms with Gasteiger partial charge in [-0.2, -0.15) is 0 Å². The van der Waals surface area contributed by atoms with Gasteiger partial charge in [0.1, 0.15) is 5.82 Å². The van der Waals surface area contributed by atoms with Crippen molar-refractivity contribution < 1.29 is 14.1 Å². The fourth-order valence-corrected chi connectivity index (χ4v) is 3.99. The molecule has 0 bridgehead atoms. The summed E-state index contributed by atoms with van der Waals surface area (Å²) < 4.78 is 13.0. The molecule has 0 spiro atoms. The van der Waals surface area contributed by atoms with Gasteiger partial charge in [-0.1, -0.05) is 23.4 Å². The molecule has 0 fully saturated rings. The molecule has 0 aliphatic heterocycles. The van der Waals surface area contributed by atoms with Gasteiger partial charge in [-0.05, 0) is 68.5 Å². The number of hydrogen-bond donors (Lipinski definition) is 1. The molecular formula is C21H21FN2O3S. The Morgan fingerprint density at radius 1 is 1.18 bits per heavy atom. The van der Waals surface area contributed by atoms with Crippen molar-refractivity contribution in [2.45, 2.75) is 41.9 Å². The maximum Gasteiger partial charge on any atom is 0.284 e. The van der Waals surface area contributed by atoms with Crippen LogP contribution in [0.15, 0.2) is 63.9 Å².